The molecular formula is C23H44. The van der Waals surface area contributed by atoms with Gasteiger partial charge in [0.25, 0.3) is 0 Å². The van der Waals surface area contributed by atoms with Gasteiger partial charge >= 0.3 is 0 Å². The second-order valence-electron chi connectivity index (χ2n) is 10.3. The van der Waals surface area contributed by atoms with Crippen LogP contribution in [0.25, 0.3) is 0 Å². The lowest BCUT2D eigenvalue weighted by atomic mass is 9.55. The standard InChI is InChI=1S/C23H44/c1-11-19-13-21-18(8)23(19,21)17(7)15(5)20(12-2)22(9,10)16(6)14(3)4/h14-21H,11-13H2,1-10H3. The average Bonchev–Trinajstić information content (AvgIpc) is 2.92. The monoisotopic (exact) mass is 320 g/mol. The molecule has 0 aromatic carbocycles. The van der Waals surface area contributed by atoms with Crippen LogP contribution in [-0.2, 0) is 0 Å². The van der Waals surface area contributed by atoms with E-state index in [1.165, 1.54) is 19.3 Å². The lowest BCUT2D eigenvalue weighted by Crippen LogP contribution is -2.44. The second kappa shape index (κ2) is 6.38. The Kier molecular flexibility index (Phi) is 5.36. The van der Waals surface area contributed by atoms with E-state index < -0.39 is 0 Å². The van der Waals surface area contributed by atoms with Crippen molar-refractivity contribution in [2.45, 2.75) is 88.5 Å². The summed E-state index contributed by atoms with van der Waals surface area (Å²) < 4.78 is 0. The predicted octanol–water partition coefficient (Wildman–Crippen LogP) is 7.29. The van der Waals surface area contributed by atoms with Gasteiger partial charge in [-0.3, -0.25) is 0 Å². The molecular weight excluding hydrogens is 276 g/mol. The Bertz CT molecular complexity index is 400. The third kappa shape index (κ3) is 2.62. The van der Waals surface area contributed by atoms with E-state index in [2.05, 4.69) is 69.2 Å². The maximum absolute atomic E-state index is 2.61. The van der Waals surface area contributed by atoms with Crippen LogP contribution in [0.4, 0.5) is 0 Å². The molecule has 0 heterocycles. The van der Waals surface area contributed by atoms with Crippen molar-refractivity contribution in [2.75, 3.05) is 0 Å². The van der Waals surface area contributed by atoms with E-state index in [-0.39, 0.29) is 0 Å². The molecule has 0 saturated heterocycles. The molecule has 0 radical (unpaired) electrons. The van der Waals surface area contributed by atoms with Crippen molar-refractivity contribution < 1.29 is 0 Å². The minimum atomic E-state index is 0.437. The molecule has 2 rings (SSSR count). The Morgan fingerprint density at radius 2 is 1.61 bits per heavy atom. The average molecular weight is 321 g/mol. The molecule has 2 aliphatic rings. The van der Waals surface area contributed by atoms with Crippen molar-refractivity contribution in [1.29, 1.82) is 0 Å². The lowest BCUT2D eigenvalue weighted by molar-refractivity contribution is -0.0183. The molecule has 2 saturated carbocycles. The topological polar surface area (TPSA) is 0 Å². The summed E-state index contributed by atoms with van der Waals surface area (Å²) in [6.07, 6.45) is 4.26. The van der Waals surface area contributed by atoms with E-state index in [1.54, 1.807) is 0 Å². The Hall–Kier alpha value is 0. The SMILES string of the molecule is CCC(C(C)C(C)C12C(CC)CC1C2C)C(C)(C)C(C)C(C)C. The van der Waals surface area contributed by atoms with Crippen LogP contribution < -0.4 is 0 Å². The van der Waals surface area contributed by atoms with E-state index in [1.807, 2.05) is 0 Å². The number of hydrogen-bond donors (Lipinski definition) is 0. The zero-order valence-electron chi connectivity index (χ0n) is 17.7. The van der Waals surface area contributed by atoms with Gasteiger partial charge in [0.2, 0.25) is 0 Å². The summed E-state index contributed by atoms with van der Waals surface area (Å²) in [5.41, 5.74) is 1.16. The van der Waals surface area contributed by atoms with Crippen molar-refractivity contribution >= 4 is 0 Å². The highest BCUT2D eigenvalue weighted by Crippen LogP contribution is 2.80. The Morgan fingerprint density at radius 1 is 1.04 bits per heavy atom. The van der Waals surface area contributed by atoms with Gasteiger partial charge in [0.15, 0.2) is 0 Å². The molecule has 8 unspecified atom stereocenters. The molecule has 0 heteroatoms. The van der Waals surface area contributed by atoms with Crippen LogP contribution in [0.1, 0.15) is 88.5 Å². The lowest BCUT2D eigenvalue weighted by Gasteiger charge is -2.50. The van der Waals surface area contributed by atoms with Gasteiger partial charge < -0.3 is 0 Å². The maximum Gasteiger partial charge on any atom is -0.0181 e. The highest BCUT2D eigenvalue weighted by molar-refractivity contribution is 5.22. The molecule has 2 fully saturated rings. The first-order valence-corrected chi connectivity index (χ1v) is 10.6. The van der Waals surface area contributed by atoms with Gasteiger partial charge in [-0.1, -0.05) is 82.1 Å². The highest BCUT2D eigenvalue weighted by atomic mass is 14.8. The van der Waals surface area contributed by atoms with Crippen molar-refractivity contribution in [2.24, 2.45) is 58.2 Å². The Balaban J connectivity index is 2.19. The van der Waals surface area contributed by atoms with Crippen LogP contribution in [0.3, 0.4) is 0 Å². The number of fused-ring (bicyclic) bond motifs is 1. The number of rotatable bonds is 8. The fourth-order valence-corrected chi connectivity index (χ4v) is 7.36. The molecule has 0 amide bonds. The van der Waals surface area contributed by atoms with E-state index in [9.17, 15) is 0 Å². The van der Waals surface area contributed by atoms with E-state index in [0.717, 1.165) is 52.8 Å². The third-order valence-corrected chi connectivity index (χ3v) is 9.44. The van der Waals surface area contributed by atoms with Gasteiger partial charge in [-0.25, -0.2) is 0 Å². The molecule has 8 atom stereocenters. The van der Waals surface area contributed by atoms with Crippen LogP contribution in [0.15, 0.2) is 0 Å². The molecule has 0 aliphatic heterocycles. The van der Waals surface area contributed by atoms with E-state index in [4.69, 9.17) is 0 Å². The molecule has 0 aromatic heterocycles. The Morgan fingerprint density at radius 3 is 1.96 bits per heavy atom. The predicted molar refractivity (Wildman–Crippen MR) is 103 cm³/mol. The van der Waals surface area contributed by atoms with Gasteiger partial charge in [0, 0.05) is 0 Å². The maximum atomic E-state index is 2.61. The second-order valence-corrected chi connectivity index (χ2v) is 10.3. The normalized spacial score (nSPS) is 38.5. The van der Waals surface area contributed by atoms with Crippen molar-refractivity contribution in [3.63, 3.8) is 0 Å². The zero-order chi connectivity index (χ0) is 17.7. The Labute approximate surface area is 147 Å². The fraction of sp³-hybridized carbons (Fsp3) is 1.00. The largest absolute Gasteiger partial charge is 0.0651 e. The van der Waals surface area contributed by atoms with Crippen LogP contribution >= 0.6 is 0 Å². The summed E-state index contributed by atoms with van der Waals surface area (Å²) in [7, 11) is 0. The van der Waals surface area contributed by atoms with E-state index in [0.29, 0.717) is 5.41 Å². The van der Waals surface area contributed by atoms with Crippen molar-refractivity contribution in [1.82, 2.24) is 0 Å². The van der Waals surface area contributed by atoms with Crippen LogP contribution in [0.2, 0.25) is 0 Å². The van der Waals surface area contributed by atoms with Crippen molar-refractivity contribution in [3.05, 3.63) is 0 Å². The fourth-order valence-electron chi connectivity index (χ4n) is 7.36. The molecule has 0 N–H and O–H groups in total. The first-order valence-electron chi connectivity index (χ1n) is 10.6. The van der Waals surface area contributed by atoms with Gasteiger partial charge in [-0.2, -0.15) is 0 Å². The van der Waals surface area contributed by atoms with Crippen molar-refractivity contribution in [3.8, 4) is 0 Å². The summed E-state index contributed by atoms with van der Waals surface area (Å²) in [6, 6.07) is 0. The number of hydrogen-bond acceptors (Lipinski definition) is 0. The van der Waals surface area contributed by atoms with Crippen LogP contribution in [0, 0.1) is 58.2 Å². The van der Waals surface area contributed by atoms with Crippen LogP contribution in [-0.4, -0.2) is 0 Å². The van der Waals surface area contributed by atoms with Gasteiger partial charge in [0.05, 0.1) is 0 Å². The van der Waals surface area contributed by atoms with E-state index >= 15 is 0 Å². The summed E-state index contributed by atoms with van der Waals surface area (Å²) in [6.45, 7) is 25.0. The summed E-state index contributed by atoms with van der Waals surface area (Å²) in [5, 5.41) is 0. The van der Waals surface area contributed by atoms with Crippen LogP contribution in [0.5, 0.6) is 0 Å². The molecule has 0 spiro atoms. The molecule has 0 aromatic rings. The smallest absolute Gasteiger partial charge is 0.0181 e. The summed E-state index contributed by atoms with van der Waals surface area (Å²) in [5.74, 6) is 7.22. The summed E-state index contributed by atoms with van der Waals surface area (Å²) >= 11 is 0. The van der Waals surface area contributed by atoms with Gasteiger partial charge in [-0.15, -0.1) is 0 Å². The highest BCUT2D eigenvalue weighted by Gasteiger charge is 2.75. The molecule has 2 aliphatic carbocycles. The minimum Gasteiger partial charge on any atom is -0.0651 e. The molecule has 23 heavy (non-hydrogen) atoms. The van der Waals surface area contributed by atoms with Gasteiger partial charge in [-0.05, 0) is 64.6 Å². The van der Waals surface area contributed by atoms with Gasteiger partial charge in [0.1, 0.15) is 0 Å². The molecule has 136 valence electrons. The first kappa shape index (κ1) is 19.3. The minimum absolute atomic E-state index is 0.437. The molecule has 0 nitrogen and oxygen atoms in total. The quantitative estimate of drug-likeness (QED) is 0.440. The third-order valence-electron chi connectivity index (χ3n) is 9.44. The first-order chi connectivity index (χ1) is 10.6. The zero-order valence-corrected chi connectivity index (χ0v) is 17.7. The summed E-state index contributed by atoms with van der Waals surface area (Å²) in [4.78, 5) is 0. The molecule has 0 bridgehead atoms.